The van der Waals surface area contributed by atoms with Crippen molar-refractivity contribution in [3.8, 4) is 16.9 Å². The largest absolute Gasteiger partial charge is 0.496 e. The predicted octanol–water partition coefficient (Wildman–Crippen LogP) is 4.69. The lowest BCUT2D eigenvalue weighted by Crippen LogP contribution is -2.49. The van der Waals surface area contributed by atoms with E-state index in [1.54, 1.807) is 7.11 Å². The summed E-state index contributed by atoms with van der Waals surface area (Å²) < 4.78 is 11.2. The molecule has 0 spiro atoms. The maximum absolute atomic E-state index is 13.5. The Morgan fingerprint density at radius 2 is 1.97 bits per heavy atom. The Kier molecular flexibility index (Phi) is 8.05. The quantitative estimate of drug-likeness (QED) is 0.634. The molecule has 0 aromatic heterocycles. The Bertz CT molecular complexity index is 923. The normalized spacial score (nSPS) is 20.8. The summed E-state index contributed by atoms with van der Waals surface area (Å²) in [5.74, 6) is 1.04. The third kappa shape index (κ3) is 5.77. The maximum atomic E-state index is 13.5. The summed E-state index contributed by atoms with van der Waals surface area (Å²) in [6, 6.07) is 17.2. The minimum atomic E-state index is -0.412. The third-order valence-electron chi connectivity index (χ3n) is 7.44. The molecule has 1 atom stereocenters. The number of hydrogen-bond acceptors (Lipinski definition) is 4. The molecule has 5 heteroatoms. The lowest BCUT2D eigenvalue weighted by molar-refractivity contribution is -0.136. The molecule has 178 valence electrons. The standard InChI is InChI=1S/C28H38N2O3/c1-22-8-5-6-16-30(22)17-15-29-27(31)28(13-18-33-19-14-28)21-23-9-7-10-24(20-23)25-11-3-4-12-26(25)32-2/h3-4,7,9-12,20,22H,5-6,8,13-19,21H2,1-2H3,(H,29,31)/t22-/m1/s1. The molecule has 2 aliphatic rings. The van der Waals surface area contributed by atoms with Crippen LogP contribution in [-0.4, -0.2) is 56.8 Å². The molecule has 0 radical (unpaired) electrons. The van der Waals surface area contributed by atoms with Crippen LogP contribution in [0, 0.1) is 5.41 Å². The number of hydrogen-bond donors (Lipinski definition) is 1. The van der Waals surface area contributed by atoms with Crippen molar-refractivity contribution in [3.63, 3.8) is 0 Å². The van der Waals surface area contributed by atoms with Gasteiger partial charge >= 0.3 is 0 Å². The monoisotopic (exact) mass is 450 g/mol. The summed E-state index contributed by atoms with van der Waals surface area (Å²) >= 11 is 0. The summed E-state index contributed by atoms with van der Waals surface area (Å²) in [7, 11) is 1.70. The first-order valence-electron chi connectivity index (χ1n) is 12.4. The van der Waals surface area contributed by atoms with Gasteiger partial charge in [-0.15, -0.1) is 0 Å². The molecule has 0 unspecified atom stereocenters. The summed E-state index contributed by atoms with van der Waals surface area (Å²) in [5, 5.41) is 3.29. The van der Waals surface area contributed by atoms with Gasteiger partial charge in [0, 0.05) is 37.9 Å². The molecule has 2 aromatic rings. The van der Waals surface area contributed by atoms with Gasteiger partial charge in [-0.1, -0.05) is 48.9 Å². The van der Waals surface area contributed by atoms with Crippen LogP contribution in [0.2, 0.25) is 0 Å². The second-order valence-corrected chi connectivity index (χ2v) is 9.61. The number of nitrogens with zero attached hydrogens (tertiary/aromatic N) is 1. The van der Waals surface area contributed by atoms with Crippen molar-refractivity contribution in [2.75, 3.05) is 40.0 Å². The molecule has 0 bridgehead atoms. The van der Waals surface area contributed by atoms with Gasteiger partial charge in [-0.2, -0.15) is 0 Å². The number of ether oxygens (including phenoxy) is 2. The Balaban J connectivity index is 1.46. The van der Waals surface area contributed by atoms with Crippen LogP contribution in [0.1, 0.15) is 44.6 Å². The van der Waals surface area contributed by atoms with Crippen LogP contribution in [0.3, 0.4) is 0 Å². The minimum Gasteiger partial charge on any atom is -0.496 e. The fourth-order valence-corrected chi connectivity index (χ4v) is 5.36. The second-order valence-electron chi connectivity index (χ2n) is 9.61. The molecule has 0 aliphatic carbocycles. The Labute approximate surface area is 198 Å². The fraction of sp³-hybridized carbons (Fsp3) is 0.536. The van der Waals surface area contributed by atoms with Crippen molar-refractivity contribution in [2.45, 2.75) is 51.5 Å². The van der Waals surface area contributed by atoms with Gasteiger partial charge in [-0.25, -0.2) is 0 Å². The number of amides is 1. The first kappa shape index (κ1) is 23.8. The van der Waals surface area contributed by atoms with E-state index in [2.05, 4.69) is 47.5 Å². The highest BCUT2D eigenvalue weighted by atomic mass is 16.5. The SMILES string of the molecule is COc1ccccc1-c1cccc(CC2(C(=O)NCCN3CCCC[C@H]3C)CCOCC2)c1. The number of benzene rings is 2. The molecule has 5 nitrogen and oxygen atoms in total. The number of likely N-dealkylation sites (tertiary alicyclic amines) is 1. The smallest absolute Gasteiger partial charge is 0.226 e. The van der Waals surface area contributed by atoms with Gasteiger partial charge in [-0.3, -0.25) is 9.69 Å². The molecule has 2 heterocycles. The van der Waals surface area contributed by atoms with Gasteiger partial charge in [0.2, 0.25) is 5.91 Å². The maximum Gasteiger partial charge on any atom is 0.226 e. The van der Waals surface area contributed by atoms with Crippen LogP contribution in [0.15, 0.2) is 48.5 Å². The van der Waals surface area contributed by atoms with E-state index in [4.69, 9.17) is 9.47 Å². The molecular weight excluding hydrogens is 412 g/mol. The van der Waals surface area contributed by atoms with Gasteiger partial charge < -0.3 is 14.8 Å². The van der Waals surface area contributed by atoms with Crippen molar-refractivity contribution >= 4 is 5.91 Å². The number of nitrogens with one attached hydrogen (secondary N) is 1. The average Bonchev–Trinajstić information content (AvgIpc) is 2.86. The average molecular weight is 451 g/mol. The van der Waals surface area contributed by atoms with E-state index in [-0.39, 0.29) is 5.91 Å². The fourth-order valence-electron chi connectivity index (χ4n) is 5.36. The lowest BCUT2D eigenvalue weighted by Gasteiger charge is -2.37. The van der Waals surface area contributed by atoms with Crippen molar-refractivity contribution in [3.05, 3.63) is 54.1 Å². The zero-order valence-corrected chi connectivity index (χ0v) is 20.1. The highest BCUT2D eigenvalue weighted by Crippen LogP contribution is 2.37. The van der Waals surface area contributed by atoms with E-state index in [1.165, 1.54) is 24.8 Å². The highest BCUT2D eigenvalue weighted by Gasteiger charge is 2.40. The van der Waals surface area contributed by atoms with Crippen molar-refractivity contribution < 1.29 is 14.3 Å². The lowest BCUT2D eigenvalue weighted by atomic mass is 9.74. The Morgan fingerprint density at radius 3 is 2.76 bits per heavy atom. The molecule has 2 fully saturated rings. The van der Waals surface area contributed by atoms with E-state index < -0.39 is 5.41 Å². The summed E-state index contributed by atoms with van der Waals surface area (Å²) in [5.41, 5.74) is 2.96. The molecule has 2 aliphatic heterocycles. The van der Waals surface area contributed by atoms with Crippen molar-refractivity contribution in [1.82, 2.24) is 10.2 Å². The van der Waals surface area contributed by atoms with E-state index in [0.717, 1.165) is 49.2 Å². The topological polar surface area (TPSA) is 50.8 Å². The third-order valence-corrected chi connectivity index (χ3v) is 7.44. The van der Waals surface area contributed by atoms with E-state index in [1.807, 2.05) is 18.2 Å². The zero-order chi connectivity index (χ0) is 23.1. The molecule has 2 saturated heterocycles. The molecule has 0 saturated carbocycles. The zero-order valence-electron chi connectivity index (χ0n) is 20.1. The molecular formula is C28H38N2O3. The molecule has 1 amide bonds. The number of carbonyl (C=O) groups is 1. The molecule has 4 rings (SSSR count). The van der Waals surface area contributed by atoms with Gasteiger partial charge in [0.1, 0.15) is 5.75 Å². The summed E-state index contributed by atoms with van der Waals surface area (Å²) in [6.07, 6.45) is 6.10. The van der Waals surface area contributed by atoms with Gasteiger partial charge in [0.15, 0.2) is 0 Å². The summed E-state index contributed by atoms with van der Waals surface area (Å²) in [4.78, 5) is 16.0. The second kappa shape index (κ2) is 11.2. The molecule has 33 heavy (non-hydrogen) atoms. The first-order valence-corrected chi connectivity index (χ1v) is 12.4. The van der Waals surface area contributed by atoms with Crippen LogP contribution >= 0.6 is 0 Å². The Hall–Kier alpha value is -2.37. The number of carbonyl (C=O) groups excluding carboxylic acids is 1. The van der Waals surface area contributed by atoms with Gasteiger partial charge in [-0.05, 0) is 62.8 Å². The Morgan fingerprint density at radius 1 is 1.15 bits per heavy atom. The van der Waals surface area contributed by atoms with Crippen LogP contribution in [0.5, 0.6) is 5.75 Å². The van der Waals surface area contributed by atoms with Crippen molar-refractivity contribution in [1.29, 1.82) is 0 Å². The van der Waals surface area contributed by atoms with Crippen LogP contribution < -0.4 is 10.1 Å². The minimum absolute atomic E-state index is 0.179. The van der Waals surface area contributed by atoms with Crippen LogP contribution in [0.25, 0.3) is 11.1 Å². The van der Waals surface area contributed by atoms with Crippen molar-refractivity contribution in [2.24, 2.45) is 5.41 Å². The number of rotatable bonds is 8. The molecule has 2 aromatic carbocycles. The number of piperidine rings is 1. The van der Waals surface area contributed by atoms with Gasteiger partial charge in [0.25, 0.3) is 0 Å². The number of para-hydroxylation sites is 1. The molecule has 1 N–H and O–H groups in total. The summed E-state index contributed by atoms with van der Waals surface area (Å²) in [6.45, 7) is 6.38. The van der Waals surface area contributed by atoms with E-state index >= 15 is 0 Å². The van der Waals surface area contributed by atoms with Crippen LogP contribution in [-0.2, 0) is 16.0 Å². The predicted molar refractivity (Wildman–Crippen MR) is 133 cm³/mol. The van der Waals surface area contributed by atoms with E-state index in [0.29, 0.717) is 25.8 Å². The first-order chi connectivity index (χ1) is 16.1. The van der Waals surface area contributed by atoms with Crippen LogP contribution in [0.4, 0.5) is 0 Å². The van der Waals surface area contributed by atoms with Gasteiger partial charge in [0.05, 0.1) is 12.5 Å². The number of methoxy groups -OCH3 is 1. The highest BCUT2D eigenvalue weighted by molar-refractivity contribution is 5.83. The van der Waals surface area contributed by atoms with E-state index in [9.17, 15) is 4.79 Å².